The molecule has 1 N–H and O–H groups in total. The van der Waals surface area contributed by atoms with E-state index in [9.17, 15) is 8.78 Å². The van der Waals surface area contributed by atoms with Gasteiger partial charge in [-0.1, -0.05) is 38.1 Å². The molecule has 0 aliphatic carbocycles. The van der Waals surface area contributed by atoms with Gasteiger partial charge in [-0.15, -0.1) is 0 Å². The Labute approximate surface area is 123 Å². The number of nitrogens with one attached hydrogen (secondary N) is 1. The van der Waals surface area contributed by atoms with E-state index in [1.165, 1.54) is 17.7 Å². The molecule has 0 saturated carbocycles. The molecule has 21 heavy (non-hydrogen) atoms. The molecule has 0 aliphatic rings. The van der Waals surface area contributed by atoms with E-state index in [4.69, 9.17) is 4.74 Å². The summed E-state index contributed by atoms with van der Waals surface area (Å²) in [5.41, 5.74) is 2.12. The van der Waals surface area contributed by atoms with Gasteiger partial charge in [0.15, 0.2) is 11.6 Å². The van der Waals surface area contributed by atoms with Gasteiger partial charge in [0.25, 0.3) is 0 Å². The first-order valence-corrected chi connectivity index (χ1v) is 6.93. The number of benzene rings is 2. The summed E-state index contributed by atoms with van der Waals surface area (Å²) >= 11 is 0. The lowest BCUT2D eigenvalue weighted by Crippen LogP contribution is -2.21. The Balaban J connectivity index is 1.91. The molecule has 0 aliphatic heterocycles. The Hall–Kier alpha value is -1.94. The quantitative estimate of drug-likeness (QED) is 0.867. The topological polar surface area (TPSA) is 21.3 Å². The van der Waals surface area contributed by atoms with Crippen molar-refractivity contribution in [2.75, 3.05) is 0 Å². The number of ether oxygens (including phenoxy) is 1. The van der Waals surface area contributed by atoms with E-state index >= 15 is 0 Å². The molecule has 0 heterocycles. The lowest BCUT2D eigenvalue weighted by Gasteiger charge is -2.10. The zero-order valence-corrected chi connectivity index (χ0v) is 12.2. The maximum absolute atomic E-state index is 13.4. The number of hydrogen-bond donors (Lipinski definition) is 1. The van der Waals surface area contributed by atoms with Crippen molar-refractivity contribution in [1.29, 1.82) is 0 Å². The van der Waals surface area contributed by atoms with Crippen molar-refractivity contribution in [1.82, 2.24) is 5.32 Å². The molecule has 0 amide bonds. The number of hydrogen-bond acceptors (Lipinski definition) is 2. The second-order valence-corrected chi connectivity index (χ2v) is 5.22. The van der Waals surface area contributed by atoms with Crippen LogP contribution in [0.2, 0.25) is 0 Å². The van der Waals surface area contributed by atoms with E-state index in [-0.39, 0.29) is 12.4 Å². The molecule has 0 saturated heterocycles. The summed E-state index contributed by atoms with van der Waals surface area (Å²) in [4.78, 5) is 0. The lowest BCUT2D eigenvalue weighted by molar-refractivity contribution is 0.289. The summed E-state index contributed by atoms with van der Waals surface area (Å²) in [6.07, 6.45) is 0. The fraction of sp³-hybridized carbons (Fsp3) is 0.294. The van der Waals surface area contributed by atoms with Crippen LogP contribution >= 0.6 is 0 Å². The fourth-order valence-corrected chi connectivity index (χ4v) is 1.83. The van der Waals surface area contributed by atoms with Crippen LogP contribution in [0, 0.1) is 11.6 Å². The maximum atomic E-state index is 13.4. The van der Waals surface area contributed by atoms with Gasteiger partial charge in [-0.3, -0.25) is 0 Å². The van der Waals surface area contributed by atoms with Crippen LogP contribution in [0.1, 0.15) is 25.0 Å². The van der Waals surface area contributed by atoms with Crippen molar-refractivity contribution in [3.63, 3.8) is 0 Å². The van der Waals surface area contributed by atoms with Gasteiger partial charge in [0.05, 0.1) is 0 Å². The zero-order valence-electron chi connectivity index (χ0n) is 12.2. The molecule has 2 rings (SSSR count). The minimum absolute atomic E-state index is 0.0574. The van der Waals surface area contributed by atoms with E-state index in [0.717, 1.165) is 18.2 Å². The fourth-order valence-electron chi connectivity index (χ4n) is 1.83. The SMILES string of the molecule is CC(C)NCc1ccc(COc2ccc(F)cc2F)cc1. The molecule has 0 aromatic heterocycles. The highest BCUT2D eigenvalue weighted by molar-refractivity contribution is 5.26. The average molecular weight is 291 g/mol. The van der Waals surface area contributed by atoms with E-state index in [2.05, 4.69) is 19.2 Å². The van der Waals surface area contributed by atoms with Gasteiger partial charge in [-0.2, -0.15) is 0 Å². The largest absolute Gasteiger partial charge is 0.486 e. The molecule has 0 fully saturated rings. The molecule has 0 spiro atoms. The van der Waals surface area contributed by atoms with Crippen molar-refractivity contribution in [2.45, 2.75) is 33.0 Å². The van der Waals surface area contributed by atoms with Gasteiger partial charge in [0.2, 0.25) is 0 Å². The van der Waals surface area contributed by atoms with Crippen LogP contribution in [0.5, 0.6) is 5.75 Å². The second-order valence-electron chi connectivity index (χ2n) is 5.22. The normalized spacial score (nSPS) is 10.9. The third-order valence-corrected chi connectivity index (χ3v) is 3.03. The monoisotopic (exact) mass is 291 g/mol. The molecule has 0 radical (unpaired) electrons. The van der Waals surface area contributed by atoms with E-state index in [1.54, 1.807) is 0 Å². The molecule has 2 aromatic carbocycles. The van der Waals surface area contributed by atoms with E-state index in [1.807, 2.05) is 24.3 Å². The van der Waals surface area contributed by atoms with E-state index in [0.29, 0.717) is 6.04 Å². The third kappa shape index (κ3) is 4.83. The van der Waals surface area contributed by atoms with Crippen LogP contribution < -0.4 is 10.1 Å². The summed E-state index contributed by atoms with van der Waals surface area (Å²) < 4.78 is 31.6. The molecule has 2 aromatic rings. The summed E-state index contributed by atoms with van der Waals surface area (Å²) in [7, 11) is 0. The number of rotatable bonds is 6. The maximum Gasteiger partial charge on any atom is 0.167 e. The van der Waals surface area contributed by atoms with E-state index < -0.39 is 11.6 Å². The lowest BCUT2D eigenvalue weighted by atomic mass is 10.1. The van der Waals surface area contributed by atoms with Crippen LogP contribution in [0.25, 0.3) is 0 Å². The highest BCUT2D eigenvalue weighted by Gasteiger charge is 2.05. The van der Waals surface area contributed by atoms with Crippen molar-refractivity contribution < 1.29 is 13.5 Å². The molecule has 4 heteroatoms. The van der Waals surface area contributed by atoms with Gasteiger partial charge in [-0.05, 0) is 23.3 Å². The van der Waals surface area contributed by atoms with Crippen LogP contribution in [0.15, 0.2) is 42.5 Å². The van der Waals surface area contributed by atoms with Gasteiger partial charge < -0.3 is 10.1 Å². The standard InChI is InChI=1S/C17H19F2NO/c1-12(2)20-10-13-3-5-14(6-4-13)11-21-17-8-7-15(18)9-16(17)19/h3-9,12,20H,10-11H2,1-2H3. The molecule has 0 atom stereocenters. The third-order valence-electron chi connectivity index (χ3n) is 3.03. The first kappa shape index (κ1) is 15.4. The highest BCUT2D eigenvalue weighted by Crippen LogP contribution is 2.19. The van der Waals surface area contributed by atoms with Crippen LogP contribution in [-0.4, -0.2) is 6.04 Å². The average Bonchev–Trinajstić information content (AvgIpc) is 2.45. The molecule has 0 unspecified atom stereocenters. The zero-order chi connectivity index (χ0) is 15.2. The van der Waals surface area contributed by atoms with Gasteiger partial charge in [-0.25, -0.2) is 8.78 Å². The Morgan fingerprint density at radius 2 is 1.67 bits per heavy atom. The smallest absolute Gasteiger partial charge is 0.167 e. The van der Waals surface area contributed by atoms with Gasteiger partial charge in [0.1, 0.15) is 12.4 Å². The molecule has 112 valence electrons. The predicted octanol–water partition coefficient (Wildman–Crippen LogP) is 4.04. The van der Waals surface area contributed by atoms with Crippen molar-refractivity contribution >= 4 is 0 Å². The first-order valence-electron chi connectivity index (χ1n) is 6.93. The Bertz CT molecular complexity index is 582. The predicted molar refractivity (Wildman–Crippen MR) is 79.1 cm³/mol. The molecular weight excluding hydrogens is 272 g/mol. The first-order chi connectivity index (χ1) is 10.0. The van der Waals surface area contributed by atoms with Crippen LogP contribution in [-0.2, 0) is 13.2 Å². The van der Waals surface area contributed by atoms with Crippen molar-refractivity contribution in [3.8, 4) is 5.75 Å². The van der Waals surface area contributed by atoms with Crippen LogP contribution in [0.4, 0.5) is 8.78 Å². The molecule has 2 nitrogen and oxygen atoms in total. The van der Waals surface area contributed by atoms with Crippen molar-refractivity contribution in [2.24, 2.45) is 0 Å². The summed E-state index contributed by atoms with van der Waals surface area (Å²) in [5.74, 6) is -1.24. The van der Waals surface area contributed by atoms with Crippen LogP contribution in [0.3, 0.4) is 0 Å². The Morgan fingerprint density at radius 1 is 1.00 bits per heavy atom. The van der Waals surface area contributed by atoms with Gasteiger partial charge >= 0.3 is 0 Å². The second kappa shape index (κ2) is 7.18. The molecular formula is C17H19F2NO. The minimum Gasteiger partial charge on any atom is -0.486 e. The van der Waals surface area contributed by atoms with Gasteiger partial charge in [0, 0.05) is 18.7 Å². The minimum atomic E-state index is -0.687. The Morgan fingerprint density at radius 3 is 2.29 bits per heavy atom. The molecule has 0 bridgehead atoms. The number of halogens is 2. The Kier molecular flexibility index (Phi) is 5.28. The summed E-state index contributed by atoms with van der Waals surface area (Å²) in [6.45, 7) is 5.25. The highest BCUT2D eigenvalue weighted by atomic mass is 19.1. The summed E-state index contributed by atoms with van der Waals surface area (Å²) in [5, 5.41) is 3.34. The summed E-state index contributed by atoms with van der Waals surface area (Å²) in [6, 6.07) is 11.6. The van der Waals surface area contributed by atoms with Crippen molar-refractivity contribution in [3.05, 3.63) is 65.2 Å².